The maximum absolute atomic E-state index is 11.9. The molecule has 7 nitrogen and oxygen atoms in total. The van der Waals surface area contributed by atoms with Crippen molar-refractivity contribution in [2.24, 2.45) is 0 Å². The van der Waals surface area contributed by atoms with Crippen LogP contribution in [0.3, 0.4) is 0 Å². The van der Waals surface area contributed by atoms with Crippen LogP contribution < -0.4 is 10.6 Å². The van der Waals surface area contributed by atoms with Crippen molar-refractivity contribution in [3.8, 4) is 0 Å². The van der Waals surface area contributed by atoms with E-state index in [1.807, 2.05) is 5.38 Å². The Morgan fingerprint density at radius 3 is 2.96 bits per heavy atom. The molecule has 24 heavy (non-hydrogen) atoms. The molecule has 3 rings (SSSR count). The SMILES string of the molecule is O=C(CCNC(=O)c1ccsc1)NCc1nnc2n1CCCCC2. The van der Waals surface area contributed by atoms with Gasteiger partial charge in [0.25, 0.3) is 5.91 Å². The fraction of sp³-hybridized carbons (Fsp3) is 0.500. The maximum atomic E-state index is 11.9. The molecule has 2 N–H and O–H groups in total. The van der Waals surface area contributed by atoms with Crippen molar-refractivity contribution in [3.05, 3.63) is 34.0 Å². The molecule has 0 aliphatic carbocycles. The van der Waals surface area contributed by atoms with E-state index in [1.165, 1.54) is 17.8 Å². The van der Waals surface area contributed by atoms with Crippen LogP contribution in [0.1, 0.15) is 47.7 Å². The van der Waals surface area contributed by atoms with E-state index in [0.717, 1.165) is 37.5 Å². The highest BCUT2D eigenvalue weighted by Crippen LogP contribution is 2.14. The molecule has 0 radical (unpaired) electrons. The highest BCUT2D eigenvalue weighted by Gasteiger charge is 2.15. The molecular formula is C16H21N5O2S. The molecule has 8 heteroatoms. The van der Waals surface area contributed by atoms with Crippen molar-refractivity contribution in [2.75, 3.05) is 6.54 Å². The Balaban J connectivity index is 1.41. The summed E-state index contributed by atoms with van der Waals surface area (Å²) >= 11 is 1.47. The summed E-state index contributed by atoms with van der Waals surface area (Å²) in [5.41, 5.74) is 0.631. The van der Waals surface area contributed by atoms with Crippen LogP contribution >= 0.6 is 11.3 Å². The van der Waals surface area contributed by atoms with E-state index in [9.17, 15) is 9.59 Å². The molecule has 1 aliphatic rings. The highest BCUT2D eigenvalue weighted by molar-refractivity contribution is 7.08. The van der Waals surface area contributed by atoms with E-state index >= 15 is 0 Å². The molecule has 0 fully saturated rings. The summed E-state index contributed by atoms with van der Waals surface area (Å²) in [5.74, 6) is 1.57. The van der Waals surface area contributed by atoms with Crippen LogP contribution in [0.4, 0.5) is 0 Å². The Morgan fingerprint density at radius 2 is 2.12 bits per heavy atom. The van der Waals surface area contributed by atoms with Crippen molar-refractivity contribution in [3.63, 3.8) is 0 Å². The summed E-state index contributed by atoms with van der Waals surface area (Å²) in [6.45, 7) is 1.62. The zero-order valence-electron chi connectivity index (χ0n) is 13.5. The zero-order valence-corrected chi connectivity index (χ0v) is 14.3. The van der Waals surface area contributed by atoms with Crippen LogP contribution in [-0.2, 0) is 24.3 Å². The van der Waals surface area contributed by atoms with Gasteiger partial charge >= 0.3 is 0 Å². The predicted octanol–water partition coefficient (Wildman–Crippen LogP) is 1.50. The minimum absolute atomic E-state index is 0.105. The Kier molecular flexibility index (Phi) is 5.58. The van der Waals surface area contributed by atoms with Gasteiger partial charge in [-0.05, 0) is 24.3 Å². The van der Waals surface area contributed by atoms with E-state index in [0.29, 0.717) is 18.7 Å². The topological polar surface area (TPSA) is 88.9 Å². The minimum atomic E-state index is -0.146. The lowest BCUT2D eigenvalue weighted by atomic mass is 10.2. The van der Waals surface area contributed by atoms with Crippen LogP contribution in [0.2, 0.25) is 0 Å². The first-order chi connectivity index (χ1) is 11.7. The molecule has 0 spiro atoms. The quantitative estimate of drug-likeness (QED) is 0.829. The number of thiophene rings is 1. The van der Waals surface area contributed by atoms with Gasteiger partial charge < -0.3 is 15.2 Å². The van der Waals surface area contributed by atoms with E-state index in [2.05, 4.69) is 25.4 Å². The molecule has 3 heterocycles. The summed E-state index contributed by atoms with van der Waals surface area (Å²) in [6, 6.07) is 1.76. The van der Waals surface area contributed by atoms with E-state index in [1.54, 1.807) is 11.4 Å². The number of nitrogens with zero attached hydrogens (tertiary/aromatic N) is 3. The molecular weight excluding hydrogens is 326 g/mol. The predicted molar refractivity (Wildman–Crippen MR) is 90.7 cm³/mol. The fourth-order valence-corrected chi connectivity index (χ4v) is 3.36. The van der Waals surface area contributed by atoms with Crippen molar-refractivity contribution in [1.29, 1.82) is 0 Å². The van der Waals surface area contributed by atoms with Gasteiger partial charge in [-0.15, -0.1) is 10.2 Å². The molecule has 2 aromatic heterocycles. The van der Waals surface area contributed by atoms with Gasteiger partial charge in [0.15, 0.2) is 5.82 Å². The van der Waals surface area contributed by atoms with Crippen molar-refractivity contribution in [1.82, 2.24) is 25.4 Å². The number of nitrogens with one attached hydrogen (secondary N) is 2. The fourth-order valence-electron chi connectivity index (χ4n) is 2.73. The number of carbonyl (C=O) groups excluding carboxylic acids is 2. The van der Waals surface area contributed by atoms with Crippen LogP contribution in [0.15, 0.2) is 16.8 Å². The third-order valence-electron chi connectivity index (χ3n) is 4.05. The Bertz CT molecular complexity index is 695. The van der Waals surface area contributed by atoms with Gasteiger partial charge in [-0.2, -0.15) is 11.3 Å². The minimum Gasteiger partial charge on any atom is -0.351 e. The highest BCUT2D eigenvalue weighted by atomic mass is 32.1. The molecule has 128 valence electrons. The number of fused-ring (bicyclic) bond motifs is 1. The summed E-state index contributed by atoms with van der Waals surface area (Å²) in [7, 11) is 0. The van der Waals surface area contributed by atoms with Gasteiger partial charge in [-0.25, -0.2) is 0 Å². The van der Waals surface area contributed by atoms with Crippen LogP contribution in [-0.4, -0.2) is 33.1 Å². The molecule has 1 aliphatic heterocycles. The van der Waals surface area contributed by atoms with E-state index in [4.69, 9.17) is 0 Å². The van der Waals surface area contributed by atoms with Crippen LogP contribution in [0, 0.1) is 0 Å². The molecule has 0 atom stereocenters. The van der Waals surface area contributed by atoms with Crippen molar-refractivity contribution < 1.29 is 9.59 Å². The zero-order chi connectivity index (χ0) is 16.8. The molecule has 0 aromatic carbocycles. The summed E-state index contributed by atoms with van der Waals surface area (Å²) < 4.78 is 2.12. The van der Waals surface area contributed by atoms with Crippen LogP contribution in [0.5, 0.6) is 0 Å². The molecule has 0 unspecified atom stereocenters. The van der Waals surface area contributed by atoms with Gasteiger partial charge in [0.1, 0.15) is 5.82 Å². The molecule has 0 saturated heterocycles. The third kappa shape index (κ3) is 4.19. The molecule has 0 saturated carbocycles. The summed E-state index contributed by atoms with van der Waals surface area (Å²) in [6.07, 6.45) is 4.68. The number of rotatable bonds is 6. The number of hydrogen-bond acceptors (Lipinski definition) is 5. The average Bonchev–Trinajstić information content (AvgIpc) is 3.18. The maximum Gasteiger partial charge on any atom is 0.252 e. The molecule has 2 aromatic rings. The lowest BCUT2D eigenvalue weighted by molar-refractivity contribution is -0.121. The lowest BCUT2D eigenvalue weighted by Crippen LogP contribution is -2.31. The second-order valence-corrected chi connectivity index (χ2v) is 6.57. The smallest absolute Gasteiger partial charge is 0.252 e. The Labute approximate surface area is 144 Å². The second-order valence-electron chi connectivity index (χ2n) is 5.79. The van der Waals surface area contributed by atoms with Gasteiger partial charge in [0.05, 0.1) is 6.54 Å². The van der Waals surface area contributed by atoms with E-state index in [-0.39, 0.29) is 18.2 Å². The molecule has 0 bridgehead atoms. The van der Waals surface area contributed by atoms with Crippen LogP contribution in [0.25, 0.3) is 0 Å². The standard InChI is InChI=1S/C16H21N5O2S/c22-15(5-7-17-16(23)12-6-9-24-11-12)18-10-14-20-19-13-4-2-1-3-8-21(13)14/h6,9,11H,1-5,7-8,10H2,(H,17,23)(H,18,22). The first-order valence-corrected chi connectivity index (χ1v) is 9.16. The molecule has 2 amide bonds. The van der Waals surface area contributed by atoms with E-state index < -0.39 is 0 Å². The second kappa shape index (κ2) is 8.05. The van der Waals surface area contributed by atoms with Gasteiger partial charge in [0.2, 0.25) is 5.91 Å². The summed E-state index contributed by atoms with van der Waals surface area (Å²) in [4.78, 5) is 23.7. The van der Waals surface area contributed by atoms with Gasteiger partial charge in [-0.3, -0.25) is 9.59 Å². The first kappa shape index (κ1) is 16.6. The normalized spacial score (nSPS) is 13.8. The number of aromatic nitrogens is 3. The number of amides is 2. The monoisotopic (exact) mass is 347 g/mol. The Morgan fingerprint density at radius 1 is 1.21 bits per heavy atom. The number of carbonyl (C=O) groups is 2. The first-order valence-electron chi connectivity index (χ1n) is 8.22. The Hall–Kier alpha value is -2.22. The largest absolute Gasteiger partial charge is 0.351 e. The summed E-state index contributed by atoms with van der Waals surface area (Å²) in [5, 5.41) is 17.6. The average molecular weight is 347 g/mol. The van der Waals surface area contributed by atoms with Crippen molar-refractivity contribution in [2.45, 2.75) is 45.2 Å². The van der Waals surface area contributed by atoms with Gasteiger partial charge in [0, 0.05) is 36.9 Å². The van der Waals surface area contributed by atoms with Crippen molar-refractivity contribution >= 4 is 23.2 Å². The van der Waals surface area contributed by atoms with Gasteiger partial charge in [-0.1, -0.05) is 6.42 Å². The number of hydrogen-bond donors (Lipinski definition) is 2. The lowest BCUT2D eigenvalue weighted by Gasteiger charge is -2.08. The number of aryl methyl sites for hydroxylation is 1. The third-order valence-corrected chi connectivity index (χ3v) is 4.73.